The number of rotatable bonds is 4. The van der Waals surface area contributed by atoms with Gasteiger partial charge in [0.05, 0.1) is 16.5 Å². The van der Waals surface area contributed by atoms with Gasteiger partial charge in [0.15, 0.2) is 0 Å². The van der Waals surface area contributed by atoms with Gasteiger partial charge in [-0.25, -0.2) is 4.98 Å². The monoisotopic (exact) mass is 305 g/mol. The van der Waals surface area contributed by atoms with E-state index in [0.29, 0.717) is 12.1 Å². The van der Waals surface area contributed by atoms with E-state index < -0.39 is 0 Å². The van der Waals surface area contributed by atoms with Gasteiger partial charge in [0.1, 0.15) is 0 Å². The molecule has 0 saturated heterocycles. The topological polar surface area (TPSA) is 68.1 Å². The Morgan fingerprint density at radius 2 is 2.10 bits per heavy atom. The van der Waals surface area contributed by atoms with Crippen LogP contribution in [0.4, 0.5) is 11.4 Å². The Morgan fingerprint density at radius 3 is 2.62 bits per heavy atom. The molecule has 0 bridgehead atoms. The number of nitrogens with one attached hydrogen (secondary N) is 1. The van der Waals surface area contributed by atoms with Gasteiger partial charge in [-0.1, -0.05) is 20.8 Å². The summed E-state index contributed by atoms with van der Waals surface area (Å²) in [7, 11) is 0. The van der Waals surface area contributed by atoms with Crippen LogP contribution in [-0.2, 0) is 12.0 Å². The van der Waals surface area contributed by atoms with Gasteiger partial charge in [0.25, 0.3) is 5.69 Å². The molecule has 5 nitrogen and oxygen atoms in total. The number of anilines is 1. The number of nitrogens with zero attached hydrogens (tertiary/aromatic N) is 2. The summed E-state index contributed by atoms with van der Waals surface area (Å²) in [6.07, 6.45) is 1.89. The van der Waals surface area contributed by atoms with Crippen molar-refractivity contribution in [2.24, 2.45) is 0 Å². The fourth-order valence-electron chi connectivity index (χ4n) is 1.90. The highest BCUT2D eigenvalue weighted by atomic mass is 32.1. The SMILES string of the molecule is Cc1cc(NCc2cnc(C(C)(C)C)s2)ccc1[N+](=O)[O-]. The van der Waals surface area contributed by atoms with Crippen molar-refractivity contribution in [1.29, 1.82) is 0 Å². The van der Waals surface area contributed by atoms with Gasteiger partial charge in [-0.15, -0.1) is 11.3 Å². The quantitative estimate of drug-likeness (QED) is 0.676. The molecule has 0 amide bonds. The molecule has 0 atom stereocenters. The summed E-state index contributed by atoms with van der Waals surface area (Å²) < 4.78 is 0. The van der Waals surface area contributed by atoms with Gasteiger partial charge in [0.2, 0.25) is 0 Å². The normalized spacial score (nSPS) is 11.4. The van der Waals surface area contributed by atoms with Crippen LogP contribution in [0.2, 0.25) is 0 Å². The predicted octanol–water partition coefficient (Wildman–Crippen LogP) is 4.27. The van der Waals surface area contributed by atoms with Crippen molar-refractivity contribution in [3.05, 3.63) is 50.0 Å². The third-order valence-corrected chi connectivity index (χ3v) is 4.48. The number of hydrogen-bond acceptors (Lipinski definition) is 5. The van der Waals surface area contributed by atoms with Crippen molar-refractivity contribution < 1.29 is 4.92 Å². The number of nitro groups is 1. The average molecular weight is 305 g/mol. The van der Waals surface area contributed by atoms with E-state index in [0.717, 1.165) is 15.6 Å². The summed E-state index contributed by atoms with van der Waals surface area (Å²) in [5.41, 5.74) is 1.74. The smallest absolute Gasteiger partial charge is 0.272 e. The van der Waals surface area contributed by atoms with E-state index in [1.54, 1.807) is 30.4 Å². The second kappa shape index (κ2) is 5.81. The lowest BCUT2D eigenvalue weighted by Crippen LogP contribution is -2.09. The first-order valence-electron chi connectivity index (χ1n) is 6.71. The van der Waals surface area contributed by atoms with Crippen molar-refractivity contribution in [2.75, 3.05) is 5.32 Å². The van der Waals surface area contributed by atoms with Crippen LogP contribution in [0.5, 0.6) is 0 Å². The molecular formula is C15H19N3O2S. The molecule has 2 rings (SSSR count). The maximum atomic E-state index is 10.8. The first kappa shape index (κ1) is 15.4. The van der Waals surface area contributed by atoms with Crippen molar-refractivity contribution >= 4 is 22.7 Å². The van der Waals surface area contributed by atoms with Crippen LogP contribution in [0.3, 0.4) is 0 Å². The Hall–Kier alpha value is -1.95. The van der Waals surface area contributed by atoms with Crippen LogP contribution in [0.15, 0.2) is 24.4 Å². The molecular weight excluding hydrogens is 286 g/mol. The first-order chi connectivity index (χ1) is 9.77. The molecule has 0 unspecified atom stereocenters. The molecule has 1 N–H and O–H groups in total. The summed E-state index contributed by atoms with van der Waals surface area (Å²) in [5, 5.41) is 15.2. The Morgan fingerprint density at radius 1 is 1.38 bits per heavy atom. The van der Waals surface area contributed by atoms with Gasteiger partial charge >= 0.3 is 0 Å². The predicted molar refractivity (Wildman–Crippen MR) is 86.0 cm³/mol. The number of thiazole rings is 1. The minimum absolute atomic E-state index is 0.0624. The van der Waals surface area contributed by atoms with Crippen molar-refractivity contribution in [3.63, 3.8) is 0 Å². The molecule has 2 aromatic rings. The molecule has 0 aliphatic heterocycles. The van der Waals surface area contributed by atoms with Gasteiger partial charge in [0, 0.05) is 33.8 Å². The summed E-state index contributed by atoms with van der Waals surface area (Å²) >= 11 is 1.69. The van der Waals surface area contributed by atoms with Gasteiger partial charge < -0.3 is 5.32 Å². The Labute approximate surface area is 128 Å². The molecule has 1 aromatic heterocycles. The number of aryl methyl sites for hydroxylation is 1. The van der Waals surface area contributed by atoms with Crippen LogP contribution < -0.4 is 5.32 Å². The lowest BCUT2D eigenvalue weighted by molar-refractivity contribution is -0.385. The molecule has 112 valence electrons. The van der Waals surface area contributed by atoms with E-state index in [2.05, 4.69) is 31.1 Å². The molecule has 0 fully saturated rings. The lowest BCUT2D eigenvalue weighted by atomic mass is 9.98. The van der Waals surface area contributed by atoms with Crippen molar-refractivity contribution in [2.45, 2.75) is 39.7 Å². The maximum Gasteiger partial charge on any atom is 0.272 e. The molecule has 0 aliphatic carbocycles. The zero-order valence-corrected chi connectivity index (χ0v) is 13.5. The molecule has 0 radical (unpaired) electrons. The van der Waals surface area contributed by atoms with Gasteiger partial charge in [-0.3, -0.25) is 10.1 Å². The van der Waals surface area contributed by atoms with E-state index in [-0.39, 0.29) is 16.0 Å². The maximum absolute atomic E-state index is 10.8. The zero-order valence-electron chi connectivity index (χ0n) is 12.6. The largest absolute Gasteiger partial charge is 0.380 e. The van der Waals surface area contributed by atoms with E-state index in [1.807, 2.05) is 6.20 Å². The fourth-order valence-corrected chi connectivity index (χ4v) is 2.81. The van der Waals surface area contributed by atoms with Crippen molar-refractivity contribution in [3.8, 4) is 0 Å². The lowest BCUT2D eigenvalue weighted by Gasteiger charge is -2.13. The highest BCUT2D eigenvalue weighted by Gasteiger charge is 2.18. The van der Waals surface area contributed by atoms with E-state index >= 15 is 0 Å². The van der Waals surface area contributed by atoms with Crippen LogP contribution in [0, 0.1) is 17.0 Å². The highest BCUT2D eigenvalue weighted by molar-refractivity contribution is 7.11. The van der Waals surface area contributed by atoms with Crippen molar-refractivity contribution in [1.82, 2.24) is 4.98 Å². The summed E-state index contributed by atoms with van der Waals surface area (Å²) in [5.74, 6) is 0. The Kier molecular flexibility index (Phi) is 4.27. The molecule has 0 saturated carbocycles. The van der Waals surface area contributed by atoms with Gasteiger partial charge in [-0.2, -0.15) is 0 Å². The zero-order chi connectivity index (χ0) is 15.6. The molecule has 0 aliphatic rings. The second-order valence-corrected chi connectivity index (χ2v) is 7.11. The summed E-state index contributed by atoms with van der Waals surface area (Å²) in [4.78, 5) is 16.0. The number of hydrogen-bond donors (Lipinski definition) is 1. The minimum Gasteiger partial charge on any atom is -0.380 e. The molecule has 0 spiro atoms. The number of benzene rings is 1. The average Bonchev–Trinajstić information content (AvgIpc) is 2.84. The Balaban J connectivity index is 2.05. The molecule has 21 heavy (non-hydrogen) atoms. The number of nitro benzene ring substituents is 1. The van der Waals surface area contributed by atoms with E-state index in [9.17, 15) is 10.1 Å². The summed E-state index contributed by atoms with van der Waals surface area (Å²) in [6.45, 7) is 8.84. The Bertz CT molecular complexity index is 659. The molecule has 1 heterocycles. The van der Waals surface area contributed by atoms with Crippen LogP contribution >= 0.6 is 11.3 Å². The molecule has 1 aromatic carbocycles. The van der Waals surface area contributed by atoms with Gasteiger partial charge in [-0.05, 0) is 19.1 Å². The highest BCUT2D eigenvalue weighted by Crippen LogP contribution is 2.27. The van der Waals surface area contributed by atoms with E-state index in [1.165, 1.54) is 6.07 Å². The minimum atomic E-state index is -0.363. The van der Waals surface area contributed by atoms with E-state index in [4.69, 9.17) is 0 Å². The first-order valence-corrected chi connectivity index (χ1v) is 7.53. The molecule has 6 heteroatoms. The standard InChI is InChI=1S/C15H19N3O2S/c1-10-7-11(5-6-13(10)18(19)20)16-8-12-9-17-14(21-12)15(2,3)4/h5-7,9,16H,8H2,1-4H3. The van der Waals surface area contributed by atoms with Crippen LogP contribution in [0.25, 0.3) is 0 Å². The number of aromatic nitrogens is 1. The van der Waals surface area contributed by atoms with Crippen LogP contribution in [0.1, 0.15) is 36.2 Å². The second-order valence-electron chi connectivity index (χ2n) is 5.99. The third kappa shape index (κ3) is 3.78. The van der Waals surface area contributed by atoms with Crippen LogP contribution in [-0.4, -0.2) is 9.91 Å². The fraction of sp³-hybridized carbons (Fsp3) is 0.400. The summed E-state index contributed by atoms with van der Waals surface area (Å²) in [6, 6.07) is 5.06. The third-order valence-electron chi connectivity index (χ3n) is 3.06.